The molecule has 3 fully saturated rings. The summed E-state index contributed by atoms with van der Waals surface area (Å²) in [5.41, 5.74) is 2.09. The smallest absolute Gasteiger partial charge is 0.408 e. The number of fused-ring (bicyclic) bond motifs is 6. The van der Waals surface area contributed by atoms with Gasteiger partial charge in [-0.2, -0.15) is 0 Å². The van der Waals surface area contributed by atoms with Gasteiger partial charge in [-0.25, -0.2) is 9.59 Å². The number of nitrogens with zero attached hydrogens (tertiary/aromatic N) is 1. The minimum absolute atomic E-state index is 0.0788. The molecular weight excluding hydrogens is 444 g/mol. The summed E-state index contributed by atoms with van der Waals surface area (Å²) in [6, 6.07) is 16.2. The molecule has 7 heteroatoms. The number of alkyl carbamates (subject to hydrolysis) is 1. The molecule has 2 aliphatic heterocycles. The number of amides is 2. The van der Waals surface area contributed by atoms with Crippen LogP contribution in [-0.4, -0.2) is 52.2 Å². The standard InChI is InChI=1S/C28H32N2O5/c1-3-27(2,24(31)30-16-18-12-14-28(30,15-13-18)25(32)33)29-26(34)35-17-23-21-10-6-4-8-19(21)20-9-5-7-11-22(20)23/h4-11,18,23H,3,12-17H2,1-2H3,(H,29,34)(H,32,33). The highest BCUT2D eigenvalue weighted by Gasteiger charge is 2.56. The molecule has 1 saturated carbocycles. The highest BCUT2D eigenvalue weighted by Crippen LogP contribution is 2.45. The quantitative estimate of drug-likeness (QED) is 0.638. The summed E-state index contributed by atoms with van der Waals surface area (Å²) in [5.74, 6) is -1.07. The maximum Gasteiger partial charge on any atom is 0.408 e. The van der Waals surface area contributed by atoms with Crippen molar-refractivity contribution >= 4 is 18.0 Å². The summed E-state index contributed by atoms with van der Waals surface area (Å²) in [5, 5.41) is 12.8. The number of carboxylic acids is 1. The molecule has 2 saturated heterocycles. The number of carbonyl (C=O) groups is 3. The molecule has 2 aromatic rings. The molecule has 0 radical (unpaired) electrons. The molecule has 0 spiro atoms. The van der Waals surface area contributed by atoms with Crippen molar-refractivity contribution in [3.8, 4) is 11.1 Å². The van der Waals surface area contributed by atoms with Crippen LogP contribution in [-0.2, 0) is 14.3 Å². The average molecular weight is 477 g/mol. The van der Waals surface area contributed by atoms with Crippen molar-refractivity contribution in [2.45, 2.75) is 62.9 Å². The molecule has 2 N–H and O–H groups in total. The number of carboxylic acid groups (broad SMARTS) is 1. The molecule has 35 heavy (non-hydrogen) atoms. The molecule has 2 aliphatic carbocycles. The number of piperidine rings is 2. The Balaban J connectivity index is 1.30. The summed E-state index contributed by atoms with van der Waals surface area (Å²) in [7, 11) is 0. The van der Waals surface area contributed by atoms with Gasteiger partial charge in [-0.3, -0.25) is 4.79 Å². The highest BCUT2D eigenvalue weighted by molar-refractivity contribution is 5.94. The van der Waals surface area contributed by atoms with Gasteiger partial charge in [-0.05, 0) is 67.2 Å². The first-order valence-electron chi connectivity index (χ1n) is 12.5. The zero-order valence-electron chi connectivity index (χ0n) is 20.3. The summed E-state index contributed by atoms with van der Waals surface area (Å²) in [4.78, 5) is 40.3. The van der Waals surface area contributed by atoms with Gasteiger partial charge in [0.1, 0.15) is 17.7 Å². The minimum atomic E-state index is -1.25. The van der Waals surface area contributed by atoms with Gasteiger partial charge in [-0.1, -0.05) is 55.5 Å². The SMILES string of the molecule is CCC(C)(NC(=O)OCC1c2ccccc2-c2ccccc21)C(=O)N1CC2CCC1(C(=O)O)CC2. The van der Waals surface area contributed by atoms with E-state index in [9.17, 15) is 19.5 Å². The van der Waals surface area contributed by atoms with Gasteiger partial charge >= 0.3 is 12.1 Å². The number of hydrogen-bond acceptors (Lipinski definition) is 4. The third-order valence-corrected chi connectivity index (χ3v) is 8.43. The van der Waals surface area contributed by atoms with E-state index < -0.39 is 23.1 Å². The van der Waals surface area contributed by atoms with Crippen LogP contribution in [0, 0.1) is 5.92 Å². The number of aliphatic carboxylic acids is 1. The zero-order valence-corrected chi connectivity index (χ0v) is 20.3. The first-order valence-corrected chi connectivity index (χ1v) is 12.5. The zero-order chi connectivity index (χ0) is 24.8. The van der Waals surface area contributed by atoms with Gasteiger partial charge < -0.3 is 20.1 Å². The number of carbonyl (C=O) groups excluding carboxylic acids is 2. The Labute approximate surface area is 205 Å². The van der Waals surface area contributed by atoms with E-state index in [4.69, 9.17) is 4.74 Å². The Morgan fingerprint density at radius 1 is 1.06 bits per heavy atom. The number of rotatable bonds is 6. The largest absolute Gasteiger partial charge is 0.479 e. The minimum Gasteiger partial charge on any atom is -0.479 e. The highest BCUT2D eigenvalue weighted by atomic mass is 16.5. The monoisotopic (exact) mass is 476 g/mol. The first-order chi connectivity index (χ1) is 16.8. The lowest BCUT2D eigenvalue weighted by Crippen LogP contribution is -2.69. The molecule has 7 nitrogen and oxygen atoms in total. The summed E-state index contributed by atoms with van der Waals surface area (Å²) < 4.78 is 5.67. The molecule has 1 unspecified atom stereocenters. The third-order valence-electron chi connectivity index (χ3n) is 8.43. The van der Waals surface area contributed by atoms with Crippen LogP contribution < -0.4 is 5.32 Å². The van der Waals surface area contributed by atoms with Crippen molar-refractivity contribution in [1.29, 1.82) is 0 Å². The van der Waals surface area contributed by atoms with Gasteiger partial charge in [0.2, 0.25) is 5.91 Å². The fraction of sp³-hybridized carbons (Fsp3) is 0.464. The second-order valence-electron chi connectivity index (χ2n) is 10.3. The van der Waals surface area contributed by atoms with E-state index in [1.54, 1.807) is 6.92 Å². The van der Waals surface area contributed by atoms with Gasteiger partial charge in [0.15, 0.2) is 0 Å². The van der Waals surface area contributed by atoms with E-state index in [1.807, 2.05) is 31.2 Å². The fourth-order valence-electron chi connectivity index (χ4n) is 6.10. The van der Waals surface area contributed by atoms with Crippen LogP contribution >= 0.6 is 0 Å². The molecule has 2 heterocycles. The van der Waals surface area contributed by atoms with Crippen LogP contribution in [0.25, 0.3) is 11.1 Å². The molecular formula is C28H32N2O5. The van der Waals surface area contributed by atoms with Gasteiger partial charge in [0.05, 0.1) is 0 Å². The average Bonchev–Trinajstić information content (AvgIpc) is 3.21. The first kappa shape index (κ1) is 23.4. The Kier molecular flexibility index (Phi) is 5.82. The molecule has 4 aliphatic rings. The lowest BCUT2D eigenvalue weighted by Gasteiger charge is -2.53. The van der Waals surface area contributed by atoms with Crippen LogP contribution in [0.15, 0.2) is 48.5 Å². The number of hydrogen-bond donors (Lipinski definition) is 2. The van der Waals surface area contributed by atoms with E-state index in [0.717, 1.165) is 35.1 Å². The van der Waals surface area contributed by atoms with Crippen LogP contribution in [0.1, 0.15) is 63.0 Å². The predicted octanol–water partition coefficient (Wildman–Crippen LogP) is 4.55. The van der Waals surface area contributed by atoms with Crippen molar-refractivity contribution in [3.63, 3.8) is 0 Å². The van der Waals surface area contributed by atoms with E-state index in [1.165, 1.54) is 4.90 Å². The summed E-state index contributed by atoms with van der Waals surface area (Å²) in [6.07, 6.45) is 2.22. The lowest BCUT2D eigenvalue weighted by atomic mass is 9.69. The third kappa shape index (κ3) is 3.77. The lowest BCUT2D eigenvalue weighted by molar-refractivity contribution is -0.173. The van der Waals surface area contributed by atoms with E-state index in [2.05, 4.69) is 29.6 Å². The molecule has 2 aromatic carbocycles. The van der Waals surface area contributed by atoms with Crippen molar-refractivity contribution in [3.05, 3.63) is 59.7 Å². The second-order valence-corrected chi connectivity index (χ2v) is 10.3. The van der Waals surface area contributed by atoms with Crippen molar-refractivity contribution in [2.75, 3.05) is 13.2 Å². The Morgan fingerprint density at radius 3 is 2.17 bits per heavy atom. The Bertz CT molecular complexity index is 1120. The fourth-order valence-corrected chi connectivity index (χ4v) is 6.10. The van der Waals surface area contributed by atoms with E-state index >= 15 is 0 Å². The van der Waals surface area contributed by atoms with Gasteiger partial charge in [0.25, 0.3) is 0 Å². The van der Waals surface area contributed by atoms with E-state index in [-0.39, 0.29) is 18.4 Å². The van der Waals surface area contributed by atoms with Gasteiger partial charge in [0, 0.05) is 12.5 Å². The van der Waals surface area contributed by atoms with Crippen LogP contribution in [0.2, 0.25) is 0 Å². The van der Waals surface area contributed by atoms with Crippen LogP contribution in [0.3, 0.4) is 0 Å². The van der Waals surface area contributed by atoms with E-state index in [0.29, 0.717) is 31.7 Å². The maximum atomic E-state index is 13.7. The van der Waals surface area contributed by atoms with Crippen molar-refractivity contribution in [1.82, 2.24) is 10.2 Å². The Morgan fingerprint density at radius 2 is 1.63 bits per heavy atom. The normalized spacial score (nSPS) is 24.3. The molecule has 1 atom stereocenters. The number of nitrogens with one attached hydrogen (secondary N) is 1. The molecule has 6 rings (SSSR count). The predicted molar refractivity (Wildman–Crippen MR) is 131 cm³/mol. The second kappa shape index (κ2) is 8.70. The van der Waals surface area contributed by atoms with Crippen molar-refractivity contribution in [2.24, 2.45) is 5.92 Å². The molecule has 2 bridgehead atoms. The molecule has 184 valence electrons. The maximum absolute atomic E-state index is 13.7. The number of ether oxygens (including phenoxy) is 1. The summed E-state index contributed by atoms with van der Waals surface area (Å²) in [6.45, 7) is 4.05. The van der Waals surface area contributed by atoms with Crippen LogP contribution in [0.4, 0.5) is 4.79 Å². The van der Waals surface area contributed by atoms with Crippen LogP contribution in [0.5, 0.6) is 0 Å². The number of benzene rings is 2. The molecule has 2 amide bonds. The van der Waals surface area contributed by atoms with Crippen molar-refractivity contribution < 1.29 is 24.2 Å². The molecule has 0 aromatic heterocycles. The summed E-state index contributed by atoms with van der Waals surface area (Å²) >= 11 is 0. The Hall–Kier alpha value is -3.35. The van der Waals surface area contributed by atoms with Gasteiger partial charge in [-0.15, -0.1) is 0 Å². The topological polar surface area (TPSA) is 95.9 Å².